The predicted molar refractivity (Wildman–Crippen MR) is 66.0 cm³/mol. The van der Waals surface area contributed by atoms with Gasteiger partial charge in [0.15, 0.2) is 11.6 Å². The van der Waals surface area contributed by atoms with Crippen LogP contribution in [0.2, 0.25) is 0 Å². The van der Waals surface area contributed by atoms with E-state index < -0.39 is 23.6 Å². The molecule has 1 N–H and O–H groups in total. The number of rotatable bonds is 7. The van der Waals surface area contributed by atoms with Gasteiger partial charge in [0.2, 0.25) is 5.82 Å². The average molecular weight is 273 g/mol. The molecular weight excluding hydrogens is 256 g/mol. The topological polar surface area (TPSA) is 47.6 Å². The standard InChI is InChI=1S/C13H17F2NO3/c1-3-7-16-10(13(17)18-2)8-19-11-6-4-5-9(14)12(11)15/h4-6,10,16H,3,7-8H2,1-2H3. The zero-order valence-corrected chi connectivity index (χ0v) is 10.9. The third kappa shape index (κ3) is 4.48. The number of esters is 1. The van der Waals surface area contributed by atoms with Gasteiger partial charge in [0.1, 0.15) is 12.6 Å². The summed E-state index contributed by atoms with van der Waals surface area (Å²) in [4.78, 5) is 11.5. The van der Waals surface area contributed by atoms with E-state index in [0.29, 0.717) is 6.54 Å². The Hall–Kier alpha value is -1.69. The van der Waals surface area contributed by atoms with E-state index in [1.165, 1.54) is 19.2 Å². The second-order valence-electron chi connectivity index (χ2n) is 3.89. The summed E-state index contributed by atoms with van der Waals surface area (Å²) in [5, 5.41) is 2.91. The summed E-state index contributed by atoms with van der Waals surface area (Å²) in [5.41, 5.74) is 0. The maximum absolute atomic E-state index is 13.4. The Kier molecular flexibility index (Phi) is 6.21. The van der Waals surface area contributed by atoms with Crippen molar-refractivity contribution in [2.24, 2.45) is 0 Å². The molecule has 0 heterocycles. The van der Waals surface area contributed by atoms with Crippen LogP contribution in [0, 0.1) is 11.6 Å². The molecule has 0 saturated carbocycles. The molecule has 1 rings (SSSR count). The van der Waals surface area contributed by atoms with Crippen LogP contribution in [0.15, 0.2) is 18.2 Å². The lowest BCUT2D eigenvalue weighted by molar-refractivity contribution is -0.143. The van der Waals surface area contributed by atoms with Crippen LogP contribution >= 0.6 is 0 Å². The van der Waals surface area contributed by atoms with Crippen molar-refractivity contribution >= 4 is 5.97 Å². The number of benzene rings is 1. The summed E-state index contributed by atoms with van der Waals surface area (Å²) in [5.74, 6) is -2.80. The fourth-order valence-electron chi connectivity index (χ4n) is 1.44. The van der Waals surface area contributed by atoms with E-state index in [4.69, 9.17) is 4.74 Å². The number of methoxy groups -OCH3 is 1. The van der Waals surface area contributed by atoms with Crippen molar-refractivity contribution < 1.29 is 23.0 Å². The quantitative estimate of drug-likeness (QED) is 0.771. The maximum Gasteiger partial charge on any atom is 0.326 e. The average Bonchev–Trinajstić information content (AvgIpc) is 2.42. The third-order valence-electron chi connectivity index (χ3n) is 2.45. The number of halogens is 2. The highest BCUT2D eigenvalue weighted by atomic mass is 19.2. The van der Waals surface area contributed by atoms with Crippen molar-refractivity contribution in [2.45, 2.75) is 19.4 Å². The molecule has 6 heteroatoms. The molecule has 1 atom stereocenters. The van der Waals surface area contributed by atoms with Gasteiger partial charge in [-0.3, -0.25) is 4.79 Å². The van der Waals surface area contributed by atoms with Gasteiger partial charge in [-0.1, -0.05) is 13.0 Å². The van der Waals surface area contributed by atoms with Gasteiger partial charge in [0.05, 0.1) is 7.11 Å². The molecule has 0 fully saturated rings. The second-order valence-corrected chi connectivity index (χ2v) is 3.89. The number of hydrogen-bond donors (Lipinski definition) is 1. The van der Waals surface area contributed by atoms with Crippen LogP contribution in [0.3, 0.4) is 0 Å². The Balaban J connectivity index is 2.64. The molecule has 0 spiro atoms. The number of carbonyl (C=O) groups is 1. The van der Waals surface area contributed by atoms with Crippen molar-refractivity contribution in [2.75, 3.05) is 20.3 Å². The minimum atomic E-state index is -1.07. The summed E-state index contributed by atoms with van der Waals surface area (Å²) < 4.78 is 36.0. The Labute approximate surface area is 110 Å². The largest absolute Gasteiger partial charge is 0.488 e. The van der Waals surface area contributed by atoms with E-state index >= 15 is 0 Å². The second kappa shape index (κ2) is 7.68. The SMILES string of the molecule is CCCNC(COc1cccc(F)c1F)C(=O)OC. The van der Waals surface area contributed by atoms with E-state index in [1.807, 2.05) is 6.92 Å². The van der Waals surface area contributed by atoms with Crippen molar-refractivity contribution in [3.63, 3.8) is 0 Å². The molecule has 0 amide bonds. The normalized spacial score (nSPS) is 12.0. The molecule has 0 aliphatic heterocycles. The first-order chi connectivity index (χ1) is 9.10. The lowest BCUT2D eigenvalue weighted by Gasteiger charge is -2.17. The van der Waals surface area contributed by atoms with E-state index in [0.717, 1.165) is 12.5 Å². The summed E-state index contributed by atoms with van der Waals surface area (Å²) in [7, 11) is 1.26. The molecule has 0 bridgehead atoms. The van der Waals surface area contributed by atoms with Crippen LogP contribution in [0.25, 0.3) is 0 Å². The summed E-state index contributed by atoms with van der Waals surface area (Å²) in [6, 6.07) is 2.91. The van der Waals surface area contributed by atoms with Gasteiger partial charge in [0.25, 0.3) is 0 Å². The molecule has 0 radical (unpaired) electrons. The van der Waals surface area contributed by atoms with E-state index in [9.17, 15) is 13.6 Å². The lowest BCUT2D eigenvalue weighted by Crippen LogP contribution is -2.42. The van der Waals surface area contributed by atoms with Crippen LogP contribution in [-0.4, -0.2) is 32.3 Å². The summed E-state index contributed by atoms with van der Waals surface area (Å²) in [6.07, 6.45) is 0.821. The monoisotopic (exact) mass is 273 g/mol. The fraction of sp³-hybridized carbons (Fsp3) is 0.462. The van der Waals surface area contributed by atoms with Crippen LogP contribution in [0.1, 0.15) is 13.3 Å². The molecule has 0 saturated heterocycles. The van der Waals surface area contributed by atoms with Gasteiger partial charge >= 0.3 is 5.97 Å². The van der Waals surface area contributed by atoms with Crippen molar-refractivity contribution in [1.82, 2.24) is 5.32 Å². The Morgan fingerprint density at radius 1 is 1.42 bits per heavy atom. The van der Waals surface area contributed by atoms with E-state index in [-0.39, 0.29) is 12.4 Å². The van der Waals surface area contributed by atoms with Gasteiger partial charge in [-0.05, 0) is 25.1 Å². The number of hydrogen-bond acceptors (Lipinski definition) is 4. The molecular formula is C13H17F2NO3. The summed E-state index contributed by atoms with van der Waals surface area (Å²) in [6.45, 7) is 2.40. The maximum atomic E-state index is 13.4. The highest BCUT2D eigenvalue weighted by Gasteiger charge is 2.20. The Morgan fingerprint density at radius 3 is 2.79 bits per heavy atom. The fourth-order valence-corrected chi connectivity index (χ4v) is 1.44. The number of carbonyl (C=O) groups excluding carboxylic acids is 1. The molecule has 0 aliphatic carbocycles. The van der Waals surface area contributed by atoms with Crippen molar-refractivity contribution in [3.05, 3.63) is 29.8 Å². The van der Waals surface area contributed by atoms with Crippen LogP contribution in [-0.2, 0) is 9.53 Å². The highest BCUT2D eigenvalue weighted by molar-refractivity contribution is 5.75. The first-order valence-electron chi connectivity index (χ1n) is 5.98. The molecule has 1 aromatic rings. The smallest absolute Gasteiger partial charge is 0.326 e. The first kappa shape index (κ1) is 15.4. The van der Waals surface area contributed by atoms with Gasteiger partial charge in [-0.2, -0.15) is 4.39 Å². The Bertz CT molecular complexity index is 426. The van der Waals surface area contributed by atoms with Gasteiger partial charge in [-0.25, -0.2) is 4.39 Å². The van der Waals surface area contributed by atoms with Gasteiger partial charge in [-0.15, -0.1) is 0 Å². The lowest BCUT2D eigenvalue weighted by atomic mass is 10.3. The molecule has 1 aromatic carbocycles. The minimum absolute atomic E-state index is 0.132. The number of nitrogens with one attached hydrogen (secondary N) is 1. The third-order valence-corrected chi connectivity index (χ3v) is 2.45. The first-order valence-corrected chi connectivity index (χ1v) is 5.98. The van der Waals surface area contributed by atoms with Crippen molar-refractivity contribution in [3.8, 4) is 5.75 Å². The van der Waals surface area contributed by atoms with Crippen LogP contribution in [0.4, 0.5) is 8.78 Å². The molecule has 4 nitrogen and oxygen atoms in total. The molecule has 0 aliphatic rings. The van der Waals surface area contributed by atoms with Gasteiger partial charge in [0, 0.05) is 0 Å². The molecule has 1 unspecified atom stereocenters. The Morgan fingerprint density at radius 2 is 2.16 bits per heavy atom. The van der Waals surface area contributed by atoms with Crippen LogP contribution in [0.5, 0.6) is 5.75 Å². The predicted octanol–water partition coefficient (Wildman–Crippen LogP) is 1.88. The van der Waals surface area contributed by atoms with E-state index in [1.54, 1.807) is 0 Å². The zero-order chi connectivity index (χ0) is 14.3. The molecule has 0 aromatic heterocycles. The van der Waals surface area contributed by atoms with Crippen LogP contribution < -0.4 is 10.1 Å². The minimum Gasteiger partial charge on any atom is -0.488 e. The molecule has 106 valence electrons. The zero-order valence-electron chi connectivity index (χ0n) is 10.9. The number of ether oxygens (including phenoxy) is 2. The van der Waals surface area contributed by atoms with Crippen molar-refractivity contribution in [1.29, 1.82) is 0 Å². The molecule has 19 heavy (non-hydrogen) atoms. The highest BCUT2D eigenvalue weighted by Crippen LogP contribution is 2.19. The van der Waals surface area contributed by atoms with E-state index in [2.05, 4.69) is 10.1 Å². The van der Waals surface area contributed by atoms with Gasteiger partial charge < -0.3 is 14.8 Å². The summed E-state index contributed by atoms with van der Waals surface area (Å²) >= 11 is 0.